The van der Waals surface area contributed by atoms with Crippen LogP contribution in [0.2, 0.25) is 0 Å². The fourth-order valence-electron chi connectivity index (χ4n) is 3.87. The molecule has 0 unspecified atom stereocenters. The molecule has 0 atom stereocenters. The van der Waals surface area contributed by atoms with E-state index >= 15 is 0 Å². The predicted octanol–water partition coefficient (Wildman–Crippen LogP) is 3.41. The lowest BCUT2D eigenvalue weighted by Gasteiger charge is -2.44. The second-order valence-electron chi connectivity index (χ2n) is 6.90. The molecule has 2 aliphatic heterocycles. The Morgan fingerprint density at radius 1 is 1.27 bits per heavy atom. The number of thiophene rings is 1. The number of likely N-dealkylation sites (tertiary alicyclic amines) is 1. The third kappa shape index (κ3) is 2.59. The number of nitrogens with zero attached hydrogens (tertiary/aromatic N) is 3. The van der Waals surface area contributed by atoms with E-state index in [1.807, 2.05) is 40.1 Å². The first kappa shape index (κ1) is 15.8. The van der Waals surface area contributed by atoms with Gasteiger partial charge in [-0.2, -0.15) is 11.3 Å². The molecular weight excluding hydrogens is 350 g/mol. The second-order valence-corrected chi connectivity index (χ2v) is 7.68. The molecular formula is C19H19N3O3S. The van der Waals surface area contributed by atoms with E-state index in [1.54, 1.807) is 17.6 Å². The SMILES string of the molecule is O=C(c1ccsc1)N1CCC2(CC1)Cn1c(-c3ccco3)cnc1CO2. The third-order valence-electron chi connectivity index (χ3n) is 5.40. The third-order valence-corrected chi connectivity index (χ3v) is 6.08. The van der Waals surface area contributed by atoms with Crippen molar-refractivity contribution >= 4 is 17.2 Å². The van der Waals surface area contributed by atoms with E-state index in [4.69, 9.17) is 9.15 Å². The van der Waals surface area contributed by atoms with Gasteiger partial charge in [-0.1, -0.05) is 0 Å². The van der Waals surface area contributed by atoms with Gasteiger partial charge in [0.15, 0.2) is 5.76 Å². The summed E-state index contributed by atoms with van der Waals surface area (Å²) in [6.45, 7) is 2.68. The van der Waals surface area contributed by atoms with Gasteiger partial charge < -0.3 is 18.6 Å². The quantitative estimate of drug-likeness (QED) is 0.695. The van der Waals surface area contributed by atoms with E-state index in [0.717, 1.165) is 55.3 Å². The van der Waals surface area contributed by atoms with E-state index in [-0.39, 0.29) is 11.5 Å². The van der Waals surface area contributed by atoms with Gasteiger partial charge in [-0.25, -0.2) is 4.98 Å². The first-order chi connectivity index (χ1) is 12.7. The maximum atomic E-state index is 12.6. The molecule has 3 aromatic rings. The van der Waals surface area contributed by atoms with Crippen LogP contribution in [0.1, 0.15) is 29.0 Å². The van der Waals surface area contributed by atoms with E-state index in [0.29, 0.717) is 6.61 Å². The summed E-state index contributed by atoms with van der Waals surface area (Å²) in [4.78, 5) is 19.0. The van der Waals surface area contributed by atoms with Crippen molar-refractivity contribution in [2.45, 2.75) is 31.6 Å². The fraction of sp³-hybridized carbons (Fsp3) is 0.368. The molecule has 26 heavy (non-hydrogen) atoms. The first-order valence-electron chi connectivity index (χ1n) is 8.78. The molecule has 134 valence electrons. The van der Waals surface area contributed by atoms with E-state index in [9.17, 15) is 4.79 Å². The van der Waals surface area contributed by atoms with Gasteiger partial charge >= 0.3 is 0 Å². The van der Waals surface area contributed by atoms with Crippen LogP contribution in [-0.2, 0) is 17.9 Å². The maximum Gasteiger partial charge on any atom is 0.254 e. The number of imidazole rings is 1. The first-order valence-corrected chi connectivity index (χ1v) is 9.72. The van der Waals surface area contributed by atoms with Crippen LogP contribution in [0, 0.1) is 0 Å². The Balaban J connectivity index is 1.34. The monoisotopic (exact) mass is 369 g/mol. The van der Waals surface area contributed by atoms with Crippen LogP contribution in [0.15, 0.2) is 45.8 Å². The standard InChI is InChI=1S/C19H19N3O3S/c23-18(14-3-9-26-12-14)21-6-4-19(5-7-21)13-22-15(16-2-1-8-24-16)10-20-17(22)11-25-19/h1-3,8-10,12H,4-7,11,13H2. The summed E-state index contributed by atoms with van der Waals surface area (Å²) in [6.07, 6.45) is 5.20. The minimum absolute atomic E-state index is 0.122. The highest BCUT2D eigenvalue weighted by molar-refractivity contribution is 7.08. The molecule has 1 saturated heterocycles. The van der Waals surface area contributed by atoms with Gasteiger partial charge in [0.1, 0.15) is 18.1 Å². The van der Waals surface area contributed by atoms with Crippen molar-refractivity contribution < 1.29 is 13.9 Å². The number of rotatable bonds is 2. The molecule has 0 bridgehead atoms. The average molecular weight is 369 g/mol. The number of carbonyl (C=O) groups excluding carboxylic acids is 1. The number of fused-ring (bicyclic) bond motifs is 1. The largest absolute Gasteiger partial charge is 0.463 e. The number of aromatic nitrogens is 2. The predicted molar refractivity (Wildman–Crippen MR) is 96.9 cm³/mol. The summed E-state index contributed by atoms with van der Waals surface area (Å²) < 4.78 is 14.0. The van der Waals surface area contributed by atoms with Crippen LogP contribution in [0.3, 0.4) is 0 Å². The number of hydrogen-bond acceptors (Lipinski definition) is 5. The van der Waals surface area contributed by atoms with Crippen molar-refractivity contribution in [2.24, 2.45) is 0 Å². The zero-order chi connectivity index (χ0) is 17.6. The van der Waals surface area contributed by atoms with Gasteiger partial charge in [-0.15, -0.1) is 0 Å². The van der Waals surface area contributed by atoms with Crippen LogP contribution in [0.25, 0.3) is 11.5 Å². The molecule has 5 heterocycles. The number of piperidine rings is 1. The van der Waals surface area contributed by atoms with Crippen LogP contribution in [-0.4, -0.2) is 39.0 Å². The smallest absolute Gasteiger partial charge is 0.254 e. The summed E-state index contributed by atoms with van der Waals surface area (Å²) in [7, 11) is 0. The Morgan fingerprint density at radius 2 is 2.15 bits per heavy atom. The van der Waals surface area contributed by atoms with Gasteiger partial charge in [0.2, 0.25) is 0 Å². The summed E-state index contributed by atoms with van der Waals surface area (Å²) >= 11 is 1.56. The van der Waals surface area contributed by atoms with Gasteiger partial charge in [0.05, 0.1) is 30.2 Å². The molecule has 7 heteroatoms. The summed E-state index contributed by atoms with van der Waals surface area (Å²) in [6, 6.07) is 5.73. The zero-order valence-electron chi connectivity index (χ0n) is 14.3. The Labute approximate surface area is 155 Å². The highest BCUT2D eigenvalue weighted by Crippen LogP contribution is 2.36. The summed E-state index contributed by atoms with van der Waals surface area (Å²) in [5.74, 6) is 1.88. The molecule has 0 saturated carbocycles. The van der Waals surface area contributed by atoms with Crippen LogP contribution >= 0.6 is 11.3 Å². The Bertz CT molecular complexity index is 906. The lowest BCUT2D eigenvalue weighted by atomic mass is 9.89. The lowest BCUT2D eigenvalue weighted by molar-refractivity contribution is -0.117. The fourth-order valence-corrected chi connectivity index (χ4v) is 4.50. The number of ether oxygens (including phenoxy) is 1. The van der Waals surface area contributed by atoms with Crippen molar-refractivity contribution in [1.82, 2.24) is 14.5 Å². The molecule has 0 aromatic carbocycles. The summed E-state index contributed by atoms with van der Waals surface area (Å²) in [5.41, 5.74) is 1.54. The molecule has 3 aromatic heterocycles. The van der Waals surface area contributed by atoms with E-state index < -0.39 is 0 Å². The highest BCUT2D eigenvalue weighted by Gasteiger charge is 2.41. The molecule has 0 N–H and O–H groups in total. The van der Waals surface area contributed by atoms with Crippen LogP contribution in [0.5, 0.6) is 0 Å². The second kappa shape index (κ2) is 6.10. The molecule has 0 aliphatic carbocycles. The molecule has 6 nitrogen and oxygen atoms in total. The topological polar surface area (TPSA) is 60.5 Å². The van der Waals surface area contributed by atoms with Crippen LogP contribution < -0.4 is 0 Å². The maximum absolute atomic E-state index is 12.6. The molecule has 0 radical (unpaired) electrons. The lowest BCUT2D eigenvalue weighted by Crippen LogP contribution is -2.51. The number of furan rings is 1. The number of hydrogen-bond donors (Lipinski definition) is 0. The minimum Gasteiger partial charge on any atom is -0.463 e. The van der Waals surface area contributed by atoms with E-state index in [2.05, 4.69) is 9.55 Å². The van der Waals surface area contributed by atoms with Crippen molar-refractivity contribution in [3.63, 3.8) is 0 Å². The molecule has 1 amide bonds. The van der Waals surface area contributed by atoms with Crippen molar-refractivity contribution in [1.29, 1.82) is 0 Å². The van der Waals surface area contributed by atoms with Gasteiger partial charge in [0.25, 0.3) is 5.91 Å². The van der Waals surface area contributed by atoms with Crippen molar-refractivity contribution in [2.75, 3.05) is 13.1 Å². The Hall–Kier alpha value is -2.38. The van der Waals surface area contributed by atoms with Gasteiger partial charge in [0, 0.05) is 18.5 Å². The Kier molecular flexibility index (Phi) is 3.72. The number of carbonyl (C=O) groups is 1. The zero-order valence-corrected chi connectivity index (χ0v) is 15.1. The normalized spacial score (nSPS) is 18.8. The van der Waals surface area contributed by atoms with Gasteiger partial charge in [-0.3, -0.25) is 4.79 Å². The molecule has 1 fully saturated rings. The van der Waals surface area contributed by atoms with Crippen molar-refractivity contribution in [3.05, 3.63) is 52.8 Å². The van der Waals surface area contributed by atoms with Crippen molar-refractivity contribution in [3.8, 4) is 11.5 Å². The molecule has 5 rings (SSSR count). The molecule has 2 aliphatic rings. The van der Waals surface area contributed by atoms with Gasteiger partial charge in [-0.05, 0) is 36.4 Å². The summed E-state index contributed by atoms with van der Waals surface area (Å²) in [5, 5.41) is 3.86. The number of amides is 1. The highest BCUT2D eigenvalue weighted by atomic mass is 32.1. The molecule has 1 spiro atoms. The average Bonchev–Trinajstić information content (AvgIpc) is 3.42. The van der Waals surface area contributed by atoms with E-state index in [1.165, 1.54) is 0 Å². The minimum atomic E-state index is -0.236. The Morgan fingerprint density at radius 3 is 2.88 bits per heavy atom. The van der Waals surface area contributed by atoms with Crippen LogP contribution in [0.4, 0.5) is 0 Å².